The van der Waals surface area contributed by atoms with Gasteiger partial charge in [-0.15, -0.1) is 20.3 Å². The average Bonchev–Trinajstić information content (AvgIpc) is 3.05. The minimum Gasteiger partial charge on any atom is -0.363 e. The van der Waals surface area contributed by atoms with Crippen molar-refractivity contribution in [2.75, 3.05) is 13.1 Å². The van der Waals surface area contributed by atoms with Gasteiger partial charge in [-0.1, -0.05) is 75.9 Å². The van der Waals surface area contributed by atoms with E-state index >= 15 is 0 Å². The summed E-state index contributed by atoms with van der Waals surface area (Å²) in [6, 6.07) is 17.3. The van der Waals surface area contributed by atoms with E-state index in [9.17, 15) is 14.4 Å². The van der Waals surface area contributed by atoms with Gasteiger partial charge in [-0.3, -0.25) is 0 Å². The molecule has 0 bridgehead atoms. The van der Waals surface area contributed by atoms with E-state index in [2.05, 4.69) is 13.8 Å². The van der Waals surface area contributed by atoms with E-state index in [1.165, 1.54) is 0 Å². The zero-order valence-electron chi connectivity index (χ0n) is 31.7. The highest BCUT2D eigenvalue weighted by atomic mass is 16.9. The number of unbranched alkanes of at least 4 members (excludes halogenated alkanes) is 2. The summed E-state index contributed by atoms with van der Waals surface area (Å²) in [6.45, 7) is 20.7. The number of carbonyl (C=O) groups is 3. The van der Waals surface area contributed by atoms with Crippen molar-refractivity contribution in [3.8, 4) is 0 Å². The van der Waals surface area contributed by atoms with Gasteiger partial charge in [-0.05, 0) is 92.5 Å². The van der Waals surface area contributed by atoms with Gasteiger partial charge in [0.15, 0.2) is 0 Å². The zero-order valence-corrected chi connectivity index (χ0v) is 31.7. The van der Waals surface area contributed by atoms with Gasteiger partial charge in [0, 0.05) is 0 Å². The van der Waals surface area contributed by atoms with Crippen molar-refractivity contribution >= 4 is 18.1 Å². The van der Waals surface area contributed by atoms with Gasteiger partial charge in [0.1, 0.15) is 0 Å². The first-order valence-electron chi connectivity index (χ1n) is 18.0. The van der Waals surface area contributed by atoms with Crippen LogP contribution in [0.5, 0.6) is 0 Å². The van der Waals surface area contributed by atoms with E-state index in [1.807, 2.05) is 91.8 Å². The molecular weight excluding hydrogens is 636 g/mol. The third kappa shape index (κ3) is 8.67. The third-order valence-corrected chi connectivity index (χ3v) is 9.97. The van der Waals surface area contributed by atoms with Crippen molar-refractivity contribution in [1.29, 1.82) is 0 Å². The average molecular weight is 695 g/mol. The van der Waals surface area contributed by atoms with Crippen LogP contribution in [-0.2, 0) is 19.4 Å². The molecule has 276 valence electrons. The summed E-state index contributed by atoms with van der Waals surface area (Å²) in [5, 5.41) is 6.94. The monoisotopic (exact) mass is 694 g/mol. The number of carbonyl (C=O) groups excluding carboxylic acids is 3. The second-order valence-electron chi connectivity index (χ2n) is 15.9. The Morgan fingerprint density at radius 1 is 0.580 bits per heavy atom. The molecule has 2 fully saturated rings. The SMILES string of the molecule is CCCCC1N(OC(=O)c2ccccc2)CC(C)(C)N(OC(=O)ON2C(C)(C)CN(OC(=O)c3ccccc3)C(CCCC)C2(C)C)C1(C)C. The lowest BCUT2D eigenvalue weighted by atomic mass is 9.82. The summed E-state index contributed by atoms with van der Waals surface area (Å²) in [4.78, 5) is 64.8. The van der Waals surface area contributed by atoms with Crippen LogP contribution >= 0.6 is 0 Å². The van der Waals surface area contributed by atoms with Gasteiger partial charge in [0.25, 0.3) is 0 Å². The number of hydrogen-bond donors (Lipinski definition) is 0. The first kappa shape index (κ1) is 39.3. The lowest BCUT2D eigenvalue weighted by molar-refractivity contribution is -0.350. The van der Waals surface area contributed by atoms with E-state index in [0.717, 1.165) is 38.5 Å². The van der Waals surface area contributed by atoms with Gasteiger partial charge in [-0.2, -0.15) is 4.79 Å². The molecule has 0 radical (unpaired) electrons. The Balaban J connectivity index is 1.55. The van der Waals surface area contributed by atoms with Gasteiger partial charge in [0.05, 0.1) is 58.5 Å². The van der Waals surface area contributed by atoms with Crippen LogP contribution in [0.2, 0.25) is 0 Å². The Hall–Kier alpha value is -3.51. The van der Waals surface area contributed by atoms with Gasteiger partial charge in [0.2, 0.25) is 0 Å². The Bertz CT molecular complexity index is 1340. The maximum atomic E-state index is 13.9. The molecular formula is C39H58N4O7. The first-order valence-corrected chi connectivity index (χ1v) is 18.0. The second-order valence-corrected chi connectivity index (χ2v) is 15.9. The number of nitrogens with zero attached hydrogens (tertiary/aromatic N) is 4. The lowest BCUT2D eigenvalue weighted by Crippen LogP contribution is -2.74. The fraction of sp³-hybridized carbons (Fsp3) is 0.615. The number of hydroxylamine groups is 8. The highest BCUT2D eigenvalue weighted by Gasteiger charge is 2.57. The van der Waals surface area contributed by atoms with E-state index in [1.54, 1.807) is 44.5 Å². The zero-order chi connectivity index (χ0) is 36.9. The summed E-state index contributed by atoms with van der Waals surface area (Å²) in [5.41, 5.74) is -2.13. The van der Waals surface area contributed by atoms with Crippen LogP contribution < -0.4 is 0 Å². The van der Waals surface area contributed by atoms with Crippen molar-refractivity contribution in [3.05, 3.63) is 71.8 Å². The molecule has 0 N–H and O–H groups in total. The summed E-state index contributed by atoms with van der Waals surface area (Å²) < 4.78 is 0. The fourth-order valence-electron chi connectivity index (χ4n) is 7.74. The highest BCUT2D eigenvalue weighted by Crippen LogP contribution is 2.42. The summed E-state index contributed by atoms with van der Waals surface area (Å²) in [6.07, 6.45) is 4.28. The van der Waals surface area contributed by atoms with Crippen LogP contribution in [0.1, 0.15) is 128 Å². The number of rotatable bonds is 12. The molecule has 0 aliphatic carbocycles. The molecule has 2 heterocycles. The van der Waals surface area contributed by atoms with Crippen molar-refractivity contribution in [1.82, 2.24) is 20.3 Å². The molecule has 11 heteroatoms. The predicted octanol–water partition coefficient (Wildman–Crippen LogP) is 7.98. The molecule has 50 heavy (non-hydrogen) atoms. The Morgan fingerprint density at radius 2 is 0.920 bits per heavy atom. The second kappa shape index (κ2) is 15.8. The van der Waals surface area contributed by atoms with Gasteiger partial charge < -0.3 is 19.4 Å². The largest absolute Gasteiger partial charge is 0.547 e. The number of hydrogen-bond acceptors (Lipinski definition) is 11. The molecule has 4 rings (SSSR count). The van der Waals surface area contributed by atoms with Crippen LogP contribution in [0, 0.1) is 0 Å². The lowest BCUT2D eigenvalue weighted by Gasteiger charge is -2.58. The van der Waals surface area contributed by atoms with Gasteiger partial charge in [-0.25, -0.2) is 9.59 Å². The molecule has 2 aromatic rings. The Labute approximate surface area is 298 Å². The summed E-state index contributed by atoms with van der Waals surface area (Å²) in [7, 11) is 0. The molecule has 11 nitrogen and oxygen atoms in total. The Kier molecular flexibility index (Phi) is 12.4. The van der Waals surface area contributed by atoms with Gasteiger partial charge >= 0.3 is 18.1 Å². The normalized spacial score (nSPS) is 23.5. The molecule has 2 aliphatic heterocycles. The minimum absolute atomic E-state index is 0.273. The molecule has 0 aromatic heterocycles. The molecule has 2 aromatic carbocycles. The van der Waals surface area contributed by atoms with Crippen molar-refractivity contribution in [3.63, 3.8) is 0 Å². The number of benzene rings is 2. The van der Waals surface area contributed by atoms with Crippen molar-refractivity contribution in [2.45, 2.75) is 142 Å². The van der Waals surface area contributed by atoms with Crippen LogP contribution in [-0.4, -0.2) is 85.7 Å². The van der Waals surface area contributed by atoms with E-state index in [-0.39, 0.29) is 12.1 Å². The van der Waals surface area contributed by atoms with Crippen LogP contribution in [0.3, 0.4) is 0 Å². The minimum atomic E-state index is -0.861. The van der Waals surface area contributed by atoms with Crippen LogP contribution in [0.15, 0.2) is 60.7 Å². The molecule has 2 saturated heterocycles. The maximum Gasteiger partial charge on any atom is 0.547 e. The summed E-state index contributed by atoms with van der Waals surface area (Å²) >= 11 is 0. The fourth-order valence-corrected chi connectivity index (χ4v) is 7.74. The first-order chi connectivity index (χ1) is 23.5. The van der Waals surface area contributed by atoms with Crippen LogP contribution in [0.25, 0.3) is 0 Å². The standard InChI is InChI=1S/C39H58N4O7/c1-11-13-25-31-38(7,8)42(36(3,4)27-40(31)47-33(44)29-21-17-15-18-22-29)49-35(46)50-43-37(5,6)28-41(32(26-14-12-2)39(43,9)10)48-34(45)30-23-19-16-20-24-30/h15-24,31-32H,11-14,25-28H2,1-10H3. The summed E-state index contributed by atoms with van der Waals surface area (Å²) in [5.74, 6) is -0.855. The highest BCUT2D eigenvalue weighted by molar-refractivity contribution is 5.89. The van der Waals surface area contributed by atoms with E-state index < -0.39 is 40.2 Å². The third-order valence-electron chi connectivity index (χ3n) is 9.97. The maximum absolute atomic E-state index is 13.9. The van der Waals surface area contributed by atoms with Crippen molar-refractivity contribution < 1.29 is 33.7 Å². The predicted molar refractivity (Wildman–Crippen MR) is 191 cm³/mol. The van der Waals surface area contributed by atoms with Crippen LogP contribution in [0.4, 0.5) is 4.79 Å². The van der Waals surface area contributed by atoms with E-state index in [4.69, 9.17) is 19.4 Å². The molecule has 2 unspecified atom stereocenters. The molecule has 2 atom stereocenters. The topological polar surface area (TPSA) is 101 Å². The smallest absolute Gasteiger partial charge is 0.363 e. The molecule has 2 aliphatic rings. The molecule has 0 saturated carbocycles. The molecule has 0 spiro atoms. The number of piperazine rings is 2. The van der Waals surface area contributed by atoms with E-state index in [0.29, 0.717) is 24.2 Å². The Morgan fingerprint density at radius 3 is 1.24 bits per heavy atom. The molecule has 0 amide bonds. The quantitative estimate of drug-likeness (QED) is 0.216. The van der Waals surface area contributed by atoms with Crippen molar-refractivity contribution in [2.24, 2.45) is 0 Å².